The van der Waals surface area contributed by atoms with Gasteiger partial charge >= 0.3 is 19.8 Å². The van der Waals surface area contributed by atoms with Crippen molar-refractivity contribution in [3.8, 4) is 0 Å². The monoisotopic (exact) mass is 778 g/mol. The Morgan fingerprint density at radius 3 is 2.06 bits per heavy atom. The van der Waals surface area contributed by atoms with Gasteiger partial charge in [-0.1, -0.05) is 116 Å². The van der Waals surface area contributed by atoms with Crippen LogP contribution < -0.4 is 0 Å². The SMILES string of the molecule is CCCCC[C@H](O)/C=C/[C@H]1C(=O)C[C@H](O)[C@@H]1CCCCCCC(=O)OC[C@H](COP(=O)(O)OC[C@@H](O)CO)OC(=O)CCCCCCCCCC(C)C. The molecule has 0 aromatic carbocycles. The minimum atomic E-state index is -4.67. The zero-order chi connectivity index (χ0) is 39.5. The van der Waals surface area contributed by atoms with Crippen molar-refractivity contribution in [2.75, 3.05) is 26.4 Å². The summed E-state index contributed by atoms with van der Waals surface area (Å²) in [5, 5.41) is 39.0. The van der Waals surface area contributed by atoms with Crippen LogP contribution in [-0.2, 0) is 37.5 Å². The Morgan fingerprint density at radius 1 is 0.830 bits per heavy atom. The first kappa shape index (κ1) is 49.3. The van der Waals surface area contributed by atoms with Crippen LogP contribution >= 0.6 is 7.82 Å². The average Bonchev–Trinajstić information content (AvgIpc) is 3.38. The van der Waals surface area contributed by atoms with Crippen molar-refractivity contribution in [2.24, 2.45) is 17.8 Å². The van der Waals surface area contributed by atoms with E-state index >= 15 is 0 Å². The first-order chi connectivity index (χ1) is 25.3. The Bertz CT molecular complexity index is 1070. The van der Waals surface area contributed by atoms with E-state index in [2.05, 4.69) is 25.3 Å². The molecule has 1 fully saturated rings. The minimum Gasteiger partial charge on any atom is -0.462 e. The molecule has 0 aliphatic heterocycles. The van der Waals surface area contributed by atoms with Crippen LogP contribution in [0.3, 0.4) is 0 Å². The molecule has 13 nitrogen and oxygen atoms in total. The third-order valence-electron chi connectivity index (χ3n) is 9.51. The number of ether oxygens (including phenoxy) is 2. The van der Waals surface area contributed by atoms with Gasteiger partial charge in [-0.3, -0.25) is 23.4 Å². The Kier molecular flexibility index (Phi) is 27.5. The molecule has 0 radical (unpaired) electrons. The van der Waals surface area contributed by atoms with Gasteiger partial charge in [0.2, 0.25) is 0 Å². The standard InChI is InChI=1S/C39H71O13P/c1-4-5-13-19-31(41)23-24-35-34(36(43)25-37(35)44)20-15-11-12-16-21-38(45)49-28-33(29-51-53(47,48)50-27-32(42)26-40)52-39(46)22-17-10-8-6-7-9-14-18-30(2)3/h23-24,30-36,40-43H,4-22,25-29H2,1-3H3,(H,47,48)/b24-23+/t31-,32-,33+,34+,35+,36-/m0/s1. The number of Topliss-reactive ketones (excluding diaryl/α,β-unsaturated/α-hetero) is 1. The number of esters is 2. The molecule has 0 aromatic rings. The molecule has 0 spiro atoms. The van der Waals surface area contributed by atoms with E-state index in [-0.39, 0.29) is 31.0 Å². The summed E-state index contributed by atoms with van der Waals surface area (Å²) in [6, 6.07) is 0. The van der Waals surface area contributed by atoms with Gasteiger partial charge in [-0.2, -0.15) is 0 Å². The maximum absolute atomic E-state index is 12.6. The second-order valence-corrected chi connectivity index (χ2v) is 16.4. The summed E-state index contributed by atoms with van der Waals surface area (Å²) in [4.78, 5) is 47.5. The topological polar surface area (TPSA) is 206 Å². The quantitative estimate of drug-likeness (QED) is 0.0209. The Balaban J connectivity index is 2.48. The van der Waals surface area contributed by atoms with Crippen molar-refractivity contribution >= 4 is 25.5 Å². The zero-order valence-corrected chi connectivity index (χ0v) is 33.5. The van der Waals surface area contributed by atoms with Crippen molar-refractivity contribution in [1.29, 1.82) is 0 Å². The van der Waals surface area contributed by atoms with Gasteiger partial charge in [0.1, 0.15) is 18.5 Å². The van der Waals surface area contributed by atoms with Crippen LogP contribution in [0.15, 0.2) is 12.2 Å². The number of unbranched alkanes of at least 4 members (excludes halogenated alkanes) is 11. The smallest absolute Gasteiger partial charge is 0.462 e. The van der Waals surface area contributed by atoms with Gasteiger partial charge in [0.25, 0.3) is 0 Å². The molecule has 310 valence electrons. The van der Waals surface area contributed by atoms with E-state index in [0.717, 1.165) is 57.8 Å². The Labute approximate surface area is 317 Å². The van der Waals surface area contributed by atoms with Crippen molar-refractivity contribution in [3.05, 3.63) is 12.2 Å². The van der Waals surface area contributed by atoms with Crippen LogP contribution in [0.25, 0.3) is 0 Å². The number of aliphatic hydroxyl groups excluding tert-OH is 4. The third-order valence-corrected chi connectivity index (χ3v) is 10.5. The van der Waals surface area contributed by atoms with Gasteiger partial charge in [-0.05, 0) is 37.5 Å². The molecule has 14 heteroatoms. The van der Waals surface area contributed by atoms with Crippen LogP contribution in [0, 0.1) is 17.8 Å². The summed E-state index contributed by atoms with van der Waals surface area (Å²) in [5.74, 6) is -0.977. The highest BCUT2D eigenvalue weighted by molar-refractivity contribution is 7.47. The van der Waals surface area contributed by atoms with Gasteiger partial charge in [0.15, 0.2) is 6.10 Å². The van der Waals surface area contributed by atoms with E-state index in [1.807, 2.05) is 0 Å². The number of phosphoric acid groups is 1. The van der Waals surface area contributed by atoms with Crippen molar-refractivity contribution in [3.63, 3.8) is 0 Å². The van der Waals surface area contributed by atoms with Crippen LogP contribution in [0.2, 0.25) is 0 Å². The highest BCUT2D eigenvalue weighted by Crippen LogP contribution is 2.43. The number of allylic oxidation sites excluding steroid dienone is 1. The number of carbonyl (C=O) groups excluding carboxylic acids is 3. The molecule has 0 heterocycles. The van der Waals surface area contributed by atoms with Gasteiger partial charge in [-0.25, -0.2) is 4.57 Å². The fourth-order valence-corrected chi connectivity index (χ4v) is 7.11. The van der Waals surface area contributed by atoms with E-state index in [0.29, 0.717) is 38.0 Å². The van der Waals surface area contributed by atoms with Crippen molar-refractivity contribution < 1.29 is 62.8 Å². The lowest BCUT2D eigenvalue weighted by molar-refractivity contribution is -0.161. The Hall–Kier alpha value is -1.70. The summed E-state index contributed by atoms with van der Waals surface area (Å²) in [6.45, 7) is 4.22. The van der Waals surface area contributed by atoms with Crippen LogP contribution in [0.1, 0.15) is 149 Å². The zero-order valence-electron chi connectivity index (χ0n) is 32.6. The molecule has 7 atom stereocenters. The highest BCUT2D eigenvalue weighted by Gasteiger charge is 2.39. The fourth-order valence-electron chi connectivity index (χ4n) is 6.32. The van der Waals surface area contributed by atoms with Crippen LogP contribution in [0.5, 0.6) is 0 Å². The lowest BCUT2D eigenvalue weighted by Crippen LogP contribution is -2.29. The molecule has 0 amide bonds. The number of aliphatic hydroxyl groups is 4. The number of rotatable bonds is 33. The first-order valence-corrected chi connectivity index (χ1v) is 21.6. The molecular weight excluding hydrogens is 707 g/mol. The lowest BCUT2D eigenvalue weighted by Gasteiger charge is -2.20. The van der Waals surface area contributed by atoms with E-state index in [1.165, 1.54) is 19.3 Å². The molecule has 0 aromatic heterocycles. The minimum absolute atomic E-state index is 0.00952. The largest absolute Gasteiger partial charge is 0.472 e. The van der Waals surface area contributed by atoms with Gasteiger partial charge in [0, 0.05) is 25.2 Å². The van der Waals surface area contributed by atoms with E-state index < -0.39 is 76.5 Å². The van der Waals surface area contributed by atoms with Crippen molar-refractivity contribution in [1.82, 2.24) is 0 Å². The number of phosphoric ester groups is 1. The number of ketones is 1. The van der Waals surface area contributed by atoms with E-state index in [1.54, 1.807) is 12.2 Å². The van der Waals surface area contributed by atoms with E-state index in [9.17, 15) is 39.2 Å². The molecule has 5 N–H and O–H groups in total. The first-order valence-electron chi connectivity index (χ1n) is 20.1. The number of hydrogen-bond acceptors (Lipinski definition) is 12. The number of hydrogen-bond donors (Lipinski definition) is 5. The molecule has 53 heavy (non-hydrogen) atoms. The van der Waals surface area contributed by atoms with Gasteiger partial charge < -0.3 is 34.8 Å². The lowest BCUT2D eigenvalue weighted by atomic mass is 9.88. The summed E-state index contributed by atoms with van der Waals surface area (Å²) in [6.07, 6.45) is 15.5. The number of carbonyl (C=O) groups is 3. The predicted octanol–water partition coefficient (Wildman–Crippen LogP) is 6.50. The fraction of sp³-hybridized carbons (Fsp3) is 0.872. The van der Waals surface area contributed by atoms with E-state index in [4.69, 9.17) is 19.1 Å². The van der Waals surface area contributed by atoms with Crippen LogP contribution in [0.4, 0.5) is 0 Å². The molecule has 0 saturated heterocycles. The molecule has 0 bridgehead atoms. The molecule has 1 saturated carbocycles. The highest BCUT2D eigenvalue weighted by atomic mass is 31.2. The maximum Gasteiger partial charge on any atom is 0.472 e. The molecule has 1 unspecified atom stereocenters. The van der Waals surface area contributed by atoms with Crippen molar-refractivity contribution in [2.45, 2.75) is 174 Å². The predicted molar refractivity (Wildman–Crippen MR) is 202 cm³/mol. The second-order valence-electron chi connectivity index (χ2n) is 14.9. The van der Waals surface area contributed by atoms with Gasteiger partial charge in [0.05, 0.1) is 32.0 Å². The summed E-state index contributed by atoms with van der Waals surface area (Å²) < 4.78 is 32.6. The molecular formula is C39H71O13P. The molecule has 1 aliphatic carbocycles. The summed E-state index contributed by atoms with van der Waals surface area (Å²) in [5.41, 5.74) is 0. The normalized spacial score (nSPS) is 20.5. The Morgan fingerprint density at radius 2 is 1.42 bits per heavy atom. The summed E-state index contributed by atoms with van der Waals surface area (Å²) >= 11 is 0. The maximum atomic E-state index is 12.6. The van der Waals surface area contributed by atoms with Gasteiger partial charge in [-0.15, -0.1) is 0 Å². The molecule has 1 rings (SSSR count). The third kappa shape index (κ3) is 25.2. The summed E-state index contributed by atoms with van der Waals surface area (Å²) in [7, 11) is -4.67. The second kappa shape index (κ2) is 29.6. The van der Waals surface area contributed by atoms with Crippen LogP contribution in [-0.4, -0.2) is 93.9 Å². The average molecular weight is 779 g/mol. The molecule has 1 aliphatic rings.